The van der Waals surface area contributed by atoms with Gasteiger partial charge in [-0.15, -0.1) is 24.0 Å². The predicted molar refractivity (Wildman–Crippen MR) is 130 cm³/mol. The molecule has 2 unspecified atom stereocenters. The van der Waals surface area contributed by atoms with E-state index in [2.05, 4.69) is 20.5 Å². The summed E-state index contributed by atoms with van der Waals surface area (Å²) in [6.45, 7) is 2.55. The number of ether oxygens (including phenoxy) is 2. The van der Waals surface area contributed by atoms with Crippen LogP contribution < -0.4 is 20.1 Å². The average molecular weight is 542 g/mol. The standard InChI is InChI=1S/C19H34N4O4S.HI/c1-14(10-11-28(7,24)25)22-19(20-2)21-13-16(23(3)4)15-8-9-17(26-5)18(12-15)27-6;/h8-9,12,14,16H,10-11,13H2,1-7H3,(H2,20,21,22);1H. The van der Waals surface area contributed by atoms with Gasteiger partial charge in [-0.1, -0.05) is 6.07 Å². The molecule has 0 spiro atoms. The first-order valence-electron chi connectivity index (χ1n) is 9.14. The van der Waals surface area contributed by atoms with E-state index in [4.69, 9.17) is 9.47 Å². The van der Waals surface area contributed by atoms with Crippen LogP contribution in [0, 0.1) is 0 Å². The number of halogens is 1. The van der Waals surface area contributed by atoms with Crippen LogP contribution in [0.25, 0.3) is 0 Å². The summed E-state index contributed by atoms with van der Waals surface area (Å²) >= 11 is 0. The average Bonchev–Trinajstić information content (AvgIpc) is 2.64. The van der Waals surface area contributed by atoms with Crippen LogP contribution in [0.2, 0.25) is 0 Å². The van der Waals surface area contributed by atoms with E-state index >= 15 is 0 Å². The molecule has 2 atom stereocenters. The summed E-state index contributed by atoms with van der Waals surface area (Å²) in [5.41, 5.74) is 1.08. The molecule has 29 heavy (non-hydrogen) atoms. The summed E-state index contributed by atoms with van der Waals surface area (Å²) in [6.07, 6.45) is 1.77. The van der Waals surface area contributed by atoms with E-state index in [1.807, 2.05) is 39.2 Å². The van der Waals surface area contributed by atoms with Crippen LogP contribution in [0.5, 0.6) is 11.5 Å². The third-order valence-electron chi connectivity index (χ3n) is 4.41. The van der Waals surface area contributed by atoms with Crippen LogP contribution in [-0.4, -0.2) is 79.2 Å². The van der Waals surface area contributed by atoms with Crippen LogP contribution in [-0.2, 0) is 9.84 Å². The molecule has 0 heterocycles. The van der Waals surface area contributed by atoms with Gasteiger partial charge in [-0.05, 0) is 45.1 Å². The molecule has 0 bridgehead atoms. The Balaban J connectivity index is 0.00000784. The molecule has 0 amide bonds. The van der Waals surface area contributed by atoms with Gasteiger partial charge in [-0.3, -0.25) is 4.99 Å². The number of benzene rings is 1. The molecule has 1 aromatic rings. The summed E-state index contributed by atoms with van der Waals surface area (Å²) in [7, 11) is 5.97. The van der Waals surface area contributed by atoms with Gasteiger partial charge >= 0.3 is 0 Å². The number of sulfone groups is 1. The smallest absolute Gasteiger partial charge is 0.191 e. The molecule has 1 rings (SSSR count). The molecule has 10 heteroatoms. The van der Waals surface area contributed by atoms with Gasteiger partial charge in [-0.25, -0.2) is 8.42 Å². The third-order valence-corrected chi connectivity index (χ3v) is 5.38. The zero-order chi connectivity index (χ0) is 21.3. The van der Waals surface area contributed by atoms with Crippen molar-refractivity contribution in [1.82, 2.24) is 15.5 Å². The van der Waals surface area contributed by atoms with Crippen LogP contribution in [0.4, 0.5) is 0 Å². The quantitative estimate of drug-likeness (QED) is 0.265. The zero-order valence-electron chi connectivity index (χ0n) is 18.4. The minimum Gasteiger partial charge on any atom is -0.493 e. The fourth-order valence-corrected chi connectivity index (χ4v) is 3.52. The number of likely N-dealkylation sites (N-methyl/N-ethyl adjacent to an activating group) is 1. The van der Waals surface area contributed by atoms with E-state index in [-0.39, 0.29) is 41.8 Å². The lowest BCUT2D eigenvalue weighted by atomic mass is 10.1. The molecule has 0 aliphatic rings. The highest BCUT2D eigenvalue weighted by Crippen LogP contribution is 2.31. The van der Waals surface area contributed by atoms with Crippen molar-refractivity contribution in [2.75, 3.05) is 53.9 Å². The molecule has 0 saturated heterocycles. The van der Waals surface area contributed by atoms with E-state index in [1.54, 1.807) is 21.3 Å². The Hall–Kier alpha value is -1.27. The second-order valence-corrected chi connectivity index (χ2v) is 9.27. The Labute approximate surface area is 192 Å². The molecular weight excluding hydrogens is 507 g/mol. The number of aliphatic imine (C=N–C) groups is 1. The molecule has 0 radical (unpaired) electrons. The summed E-state index contributed by atoms with van der Waals surface area (Å²) in [5.74, 6) is 2.15. The number of nitrogens with one attached hydrogen (secondary N) is 2. The molecular formula is C19H35IN4O4S. The van der Waals surface area contributed by atoms with Gasteiger partial charge in [0.15, 0.2) is 17.5 Å². The molecule has 0 saturated carbocycles. The Morgan fingerprint density at radius 3 is 2.31 bits per heavy atom. The summed E-state index contributed by atoms with van der Waals surface area (Å²) in [4.78, 5) is 6.35. The number of hydrogen-bond donors (Lipinski definition) is 2. The molecule has 2 N–H and O–H groups in total. The van der Waals surface area contributed by atoms with Gasteiger partial charge in [0.1, 0.15) is 9.84 Å². The van der Waals surface area contributed by atoms with Gasteiger partial charge in [0.2, 0.25) is 0 Å². The largest absolute Gasteiger partial charge is 0.493 e. The van der Waals surface area contributed by atoms with Crippen LogP contribution in [0.3, 0.4) is 0 Å². The fraction of sp³-hybridized carbons (Fsp3) is 0.632. The maximum Gasteiger partial charge on any atom is 0.191 e. The molecule has 0 aliphatic carbocycles. The van der Waals surface area contributed by atoms with Crippen molar-refractivity contribution in [3.05, 3.63) is 23.8 Å². The molecule has 0 aliphatic heterocycles. The Morgan fingerprint density at radius 1 is 1.21 bits per heavy atom. The minimum absolute atomic E-state index is 0. The summed E-state index contributed by atoms with van der Waals surface area (Å²) in [5, 5.41) is 6.56. The maximum atomic E-state index is 11.3. The van der Waals surface area contributed by atoms with Crippen molar-refractivity contribution in [1.29, 1.82) is 0 Å². The number of hydrogen-bond acceptors (Lipinski definition) is 6. The van der Waals surface area contributed by atoms with E-state index in [1.165, 1.54) is 6.26 Å². The van der Waals surface area contributed by atoms with Crippen molar-refractivity contribution in [2.45, 2.75) is 25.4 Å². The monoisotopic (exact) mass is 542 g/mol. The maximum absolute atomic E-state index is 11.3. The first-order chi connectivity index (χ1) is 13.1. The fourth-order valence-electron chi connectivity index (χ4n) is 2.74. The third kappa shape index (κ3) is 9.85. The van der Waals surface area contributed by atoms with Gasteiger partial charge < -0.3 is 25.0 Å². The van der Waals surface area contributed by atoms with Gasteiger partial charge in [0.05, 0.1) is 26.0 Å². The van der Waals surface area contributed by atoms with Crippen LogP contribution >= 0.6 is 24.0 Å². The lowest BCUT2D eigenvalue weighted by Gasteiger charge is -2.27. The lowest BCUT2D eigenvalue weighted by molar-refractivity contribution is 0.295. The number of guanidine groups is 1. The van der Waals surface area contributed by atoms with Crippen molar-refractivity contribution >= 4 is 39.8 Å². The first kappa shape index (κ1) is 27.7. The Kier molecular flexibility index (Phi) is 12.5. The summed E-state index contributed by atoms with van der Waals surface area (Å²) in [6, 6.07) is 5.93. The van der Waals surface area contributed by atoms with Gasteiger partial charge in [0.25, 0.3) is 0 Å². The molecule has 8 nitrogen and oxygen atoms in total. The molecule has 0 aromatic heterocycles. The zero-order valence-corrected chi connectivity index (χ0v) is 21.5. The normalized spacial score (nSPS) is 14.0. The first-order valence-corrected chi connectivity index (χ1v) is 11.2. The number of rotatable bonds is 10. The van der Waals surface area contributed by atoms with Crippen molar-refractivity contribution < 1.29 is 17.9 Å². The van der Waals surface area contributed by atoms with Crippen molar-refractivity contribution in [2.24, 2.45) is 4.99 Å². The summed E-state index contributed by atoms with van der Waals surface area (Å²) < 4.78 is 33.4. The van der Waals surface area contributed by atoms with E-state index in [9.17, 15) is 8.42 Å². The van der Waals surface area contributed by atoms with E-state index in [0.29, 0.717) is 30.4 Å². The molecule has 168 valence electrons. The highest BCUT2D eigenvalue weighted by Gasteiger charge is 2.18. The van der Waals surface area contributed by atoms with Crippen LogP contribution in [0.15, 0.2) is 23.2 Å². The SMILES string of the molecule is CN=C(NCC(c1ccc(OC)c(OC)c1)N(C)C)NC(C)CCS(C)(=O)=O.I. The second kappa shape index (κ2) is 13.1. The number of methoxy groups -OCH3 is 2. The van der Waals surface area contributed by atoms with Crippen LogP contribution in [0.1, 0.15) is 24.9 Å². The molecule has 1 aromatic carbocycles. The Morgan fingerprint density at radius 2 is 1.83 bits per heavy atom. The molecule has 0 fully saturated rings. The highest BCUT2D eigenvalue weighted by atomic mass is 127. The van der Waals surface area contributed by atoms with E-state index < -0.39 is 9.84 Å². The lowest BCUT2D eigenvalue weighted by Crippen LogP contribution is -2.45. The topological polar surface area (TPSA) is 92.3 Å². The number of nitrogens with zero attached hydrogens (tertiary/aromatic N) is 2. The van der Waals surface area contributed by atoms with Crippen molar-refractivity contribution in [3.8, 4) is 11.5 Å². The predicted octanol–water partition coefficient (Wildman–Crippen LogP) is 1.91. The highest BCUT2D eigenvalue weighted by molar-refractivity contribution is 14.0. The van der Waals surface area contributed by atoms with Crippen molar-refractivity contribution in [3.63, 3.8) is 0 Å². The minimum atomic E-state index is -2.98. The Bertz CT molecular complexity index is 757. The van der Waals surface area contributed by atoms with Gasteiger partial charge in [0, 0.05) is 25.9 Å². The van der Waals surface area contributed by atoms with E-state index in [0.717, 1.165) is 5.56 Å². The second-order valence-electron chi connectivity index (χ2n) is 7.01. The van der Waals surface area contributed by atoms with Gasteiger partial charge in [-0.2, -0.15) is 0 Å².